The van der Waals surface area contributed by atoms with Crippen molar-refractivity contribution in [1.29, 1.82) is 0 Å². The molecule has 1 amide bonds. The second-order valence-corrected chi connectivity index (χ2v) is 6.89. The number of amides is 1. The Morgan fingerprint density at radius 3 is 2.59 bits per heavy atom. The highest BCUT2D eigenvalue weighted by Crippen LogP contribution is 2.40. The normalized spacial score (nSPS) is 16.4. The summed E-state index contributed by atoms with van der Waals surface area (Å²) in [6.07, 6.45) is 1.02. The van der Waals surface area contributed by atoms with Gasteiger partial charge in [0.2, 0.25) is 11.5 Å². The minimum absolute atomic E-state index is 0.0624. The van der Waals surface area contributed by atoms with Crippen molar-refractivity contribution in [3.8, 4) is 17.2 Å². The molecule has 1 fully saturated rings. The molecule has 1 aromatic carbocycles. The van der Waals surface area contributed by atoms with E-state index in [9.17, 15) is 9.59 Å². The van der Waals surface area contributed by atoms with Crippen LogP contribution in [-0.2, 0) is 14.4 Å². The summed E-state index contributed by atoms with van der Waals surface area (Å²) >= 11 is 0. The summed E-state index contributed by atoms with van der Waals surface area (Å²) in [5.41, 5.74) is 0.422. The number of rotatable bonds is 9. The fourth-order valence-corrected chi connectivity index (χ4v) is 3.34. The molecule has 1 aliphatic heterocycles. The Labute approximate surface area is 185 Å². The third-order valence-electron chi connectivity index (χ3n) is 4.86. The van der Waals surface area contributed by atoms with Crippen molar-refractivity contribution in [2.24, 2.45) is 5.16 Å². The summed E-state index contributed by atoms with van der Waals surface area (Å²) in [7, 11) is 4.33. The van der Waals surface area contributed by atoms with Gasteiger partial charge in [0.05, 0.1) is 39.2 Å². The van der Waals surface area contributed by atoms with Crippen LogP contribution in [0.1, 0.15) is 23.0 Å². The number of carbonyl (C=O) groups is 2. The molecule has 1 unspecified atom stereocenters. The summed E-state index contributed by atoms with van der Waals surface area (Å²) in [6, 6.07) is 6.56. The summed E-state index contributed by atoms with van der Waals surface area (Å²) < 4.78 is 27.7. The van der Waals surface area contributed by atoms with Gasteiger partial charge in [-0.3, -0.25) is 9.59 Å². The largest absolute Gasteiger partial charge is 0.493 e. The van der Waals surface area contributed by atoms with E-state index in [0.29, 0.717) is 36.0 Å². The van der Waals surface area contributed by atoms with E-state index >= 15 is 0 Å². The van der Waals surface area contributed by atoms with Gasteiger partial charge in [-0.1, -0.05) is 5.16 Å². The smallest absolute Gasteiger partial charge is 0.279 e. The molecule has 172 valence electrons. The van der Waals surface area contributed by atoms with Crippen LogP contribution in [0, 0.1) is 0 Å². The highest BCUT2D eigenvalue weighted by atomic mass is 16.6. The van der Waals surface area contributed by atoms with Crippen molar-refractivity contribution in [3.63, 3.8) is 0 Å². The monoisotopic (exact) mass is 446 g/mol. The lowest BCUT2D eigenvalue weighted by atomic mass is 10.1. The molecule has 0 saturated carbocycles. The fourth-order valence-electron chi connectivity index (χ4n) is 3.34. The zero-order chi connectivity index (χ0) is 23.1. The second-order valence-electron chi connectivity index (χ2n) is 6.89. The third kappa shape index (κ3) is 5.02. The van der Waals surface area contributed by atoms with Crippen molar-refractivity contribution in [1.82, 2.24) is 4.90 Å². The van der Waals surface area contributed by atoms with Gasteiger partial charge in [-0.15, -0.1) is 0 Å². The van der Waals surface area contributed by atoms with Crippen molar-refractivity contribution < 1.29 is 37.8 Å². The predicted molar refractivity (Wildman–Crippen MR) is 114 cm³/mol. The van der Waals surface area contributed by atoms with Crippen LogP contribution in [0.3, 0.4) is 0 Å². The van der Waals surface area contributed by atoms with Gasteiger partial charge in [-0.25, -0.2) is 0 Å². The van der Waals surface area contributed by atoms with Crippen LogP contribution >= 0.6 is 0 Å². The minimum atomic E-state index is -0.441. The maximum Gasteiger partial charge on any atom is 0.279 e. The van der Waals surface area contributed by atoms with Crippen LogP contribution in [0.5, 0.6) is 17.2 Å². The molecule has 0 bridgehead atoms. The highest BCUT2D eigenvalue weighted by molar-refractivity contribution is 6.44. The first-order valence-corrected chi connectivity index (χ1v) is 9.94. The lowest BCUT2D eigenvalue weighted by Gasteiger charge is -2.33. The second kappa shape index (κ2) is 10.7. The molecule has 0 N–H and O–H groups in total. The minimum Gasteiger partial charge on any atom is -0.493 e. The number of Topliss-reactive ketones (excluding diaryl/α,β-unsaturated/α-hetero) is 1. The van der Waals surface area contributed by atoms with Crippen LogP contribution < -0.4 is 14.2 Å². The molecular weight excluding hydrogens is 420 g/mol. The SMILES string of the molecule is CON=C(C(=O)N1CCOC(COc2c(C(C)=O)ccc(OC)c2OC)C1)c1ccco1. The summed E-state index contributed by atoms with van der Waals surface area (Å²) in [6.45, 7) is 2.47. The van der Waals surface area contributed by atoms with Crippen LogP contribution in [0.15, 0.2) is 40.1 Å². The van der Waals surface area contributed by atoms with Gasteiger partial charge < -0.3 is 33.1 Å². The molecule has 3 rings (SSSR count). The van der Waals surface area contributed by atoms with Gasteiger partial charge in [0.15, 0.2) is 23.0 Å². The number of hydrogen-bond acceptors (Lipinski definition) is 9. The first kappa shape index (κ1) is 23.1. The summed E-state index contributed by atoms with van der Waals surface area (Å²) in [5.74, 6) is 0.802. The molecule has 0 spiro atoms. The Hall–Kier alpha value is -3.53. The number of morpholine rings is 1. The summed E-state index contributed by atoms with van der Waals surface area (Å²) in [4.78, 5) is 31.5. The maximum atomic E-state index is 13.0. The molecule has 2 aromatic rings. The third-order valence-corrected chi connectivity index (χ3v) is 4.86. The average Bonchev–Trinajstić information content (AvgIpc) is 3.34. The molecule has 32 heavy (non-hydrogen) atoms. The van der Waals surface area contributed by atoms with Crippen LogP contribution in [-0.4, -0.2) is 76.0 Å². The fraction of sp³-hybridized carbons (Fsp3) is 0.409. The maximum absolute atomic E-state index is 13.0. The zero-order valence-electron chi connectivity index (χ0n) is 18.5. The van der Waals surface area contributed by atoms with Gasteiger partial charge in [0.1, 0.15) is 19.8 Å². The number of ether oxygens (including phenoxy) is 4. The van der Waals surface area contributed by atoms with E-state index in [-0.39, 0.29) is 36.3 Å². The first-order valence-electron chi connectivity index (χ1n) is 9.94. The molecular formula is C22H26N2O8. The number of carbonyl (C=O) groups excluding carboxylic acids is 2. The van der Waals surface area contributed by atoms with Crippen LogP contribution in [0.4, 0.5) is 0 Å². The Morgan fingerprint density at radius 1 is 1.16 bits per heavy atom. The standard InChI is InChI=1S/C22H26N2O8/c1-14(25)16-7-8-18(27-2)21(28-3)20(16)32-13-15-12-24(9-11-30-15)22(26)19(23-29-4)17-6-5-10-31-17/h5-8,10,15H,9,11-13H2,1-4H3. The predicted octanol–water partition coefficient (Wildman–Crippen LogP) is 2.16. The number of hydrogen-bond donors (Lipinski definition) is 0. The Balaban J connectivity index is 1.74. The van der Waals surface area contributed by atoms with Gasteiger partial charge in [0.25, 0.3) is 5.91 Å². The Kier molecular flexibility index (Phi) is 7.72. The van der Waals surface area contributed by atoms with E-state index < -0.39 is 6.10 Å². The number of furan rings is 1. The zero-order valence-corrected chi connectivity index (χ0v) is 18.5. The number of nitrogens with zero attached hydrogens (tertiary/aromatic N) is 2. The van der Waals surface area contributed by atoms with Crippen LogP contribution in [0.2, 0.25) is 0 Å². The van der Waals surface area contributed by atoms with Crippen molar-refractivity contribution in [2.45, 2.75) is 13.0 Å². The molecule has 1 saturated heterocycles. The van der Waals surface area contributed by atoms with Gasteiger partial charge in [0, 0.05) is 6.54 Å². The Bertz CT molecular complexity index is 971. The van der Waals surface area contributed by atoms with E-state index in [1.54, 1.807) is 29.2 Å². The number of methoxy groups -OCH3 is 2. The lowest BCUT2D eigenvalue weighted by molar-refractivity contribution is -0.132. The quantitative estimate of drug-likeness (QED) is 0.328. The molecule has 0 radical (unpaired) electrons. The van der Waals surface area contributed by atoms with Gasteiger partial charge >= 0.3 is 0 Å². The van der Waals surface area contributed by atoms with E-state index in [4.69, 9.17) is 28.2 Å². The molecule has 1 aromatic heterocycles. The number of oxime groups is 1. The topological polar surface area (TPSA) is 109 Å². The molecule has 2 heterocycles. The molecule has 1 aliphatic rings. The van der Waals surface area contributed by atoms with Crippen molar-refractivity contribution in [2.75, 3.05) is 47.6 Å². The molecule has 1 atom stereocenters. The van der Waals surface area contributed by atoms with Crippen LogP contribution in [0.25, 0.3) is 0 Å². The van der Waals surface area contributed by atoms with Gasteiger partial charge in [-0.2, -0.15) is 0 Å². The lowest BCUT2D eigenvalue weighted by Crippen LogP contribution is -2.50. The van der Waals surface area contributed by atoms with E-state index in [1.165, 1.54) is 34.5 Å². The van der Waals surface area contributed by atoms with Crippen molar-refractivity contribution in [3.05, 3.63) is 41.9 Å². The number of ketones is 1. The molecule has 10 nitrogen and oxygen atoms in total. The van der Waals surface area contributed by atoms with Gasteiger partial charge in [-0.05, 0) is 31.2 Å². The summed E-state index contributed by atoms with van der Waals surface area (Å²) in [5, 5.41) is 3.82. The van der Waals surface area contributed by atoms with E-state index in [1.807, 2.05) is 0 Å². The van der Waals surface area contributed by atoms with E-state index in [0.717, 1.165) is 0 Å². The average molecular weight is 446 g/mol. The van der Waals surface area contributed by atoms with E-state index in [2.05, 4.69) is 5.16 Å². The molecule has 0 aliphatic carbocycles. The van der Waals surface area contributed by atoms with Crippen molar-refractivity contribution >= 4 is 17.4 Å². The Morgan fingerprint density at radius 2 is 1.97 bits per heavy atom. The number of benzene rings is 1. The molecule has 10 heteroatoms. The highest BCUT2D eigenvalue weighted by Gasteiger charge is 2.30. The first-order chi connectivity index (χ1) is 15.5.